The number of hydrogen-bond acceptors (Lipinski definition) is 5. The molecule has 1 amide bonds. The van der Waals surface area contributed by atoms with Crippen LogP contribution in [-0.4, -0.2) is 25.1 Å². The van der Waals surface area contributed by atoms with E-state index in [1.54, 1.807) is 25.1 Å². The van der Waals surface area contributed by atoms with E-state index in [1.165, 1.54) is 16.9 Å². The number of amides is 1. The Kier molecular flexibility index (Phi) is 6.67. The molecule has 0 atom stereocenters. The minimum absolute atomic E-state index is 0.265. The van der Waals surface area contributed by atoms with Crippen molar-refractivity contribution in [3.63, 3.8) is 0 Å². The van der Waals surface area contributed by atoms with Crippen LogP contribution in [0, 0.1) is 0 Å². The number of rotatable bonds is 8. The first-order valence-corrected chi connectivity index (χ1v) is 11.4. The summed E-state index contributed by atoms with van der Waals surface area (Å²) in [5.41, 5.74) is 3.23. The molecule has 0 bridgehead atoms. The van der Waals surface area contributed by atoms with E-state index in [9.17, 15) is 9.59 Å². The Morgan fingerprint density at radius 3 is 2.71 bits per heavy atom. The van der Waals surface area contributed by atoms with Crippen molar-refractivity contribution < 1.29 is 19.1 Å². The largest absolute Gasteiger partial charge is 0.493 e. The van der Waals surface area contributed by atoms with Gasteiger partial charge in [0.15, 0.2) is 0 Å². The van der Waals surface area contributed by atoms with Crippen molar-refractivity contribution in [3.05, 3.63) is 81.7 Å². The minimum atomic E-state index is -0.366. The Labute approximate surface area is 186 Å². The number of hydrogen-bond donors (Lipinski definition) is 1. The second kappa shape index (κ2) is 9.79. The van der Waals surface area contributed by atoms with Gasteiger partial charge in [0.05, 0.1) is 18.8 Å². The van der Waals surface area contributed by atoms with Crippen molar-refractivity contribution in [1.29, 1.82) is 0 Å². The van der Waals surface area contributed by atoms with Crippen LogP contribution in [0.25, 0.3) is 0 Å². The van der Waals surface area contributed by atoms with Crippen molar-refractivity contribution >= 4 is 28.2 Å². The summed E-state index contributed by atoms with van der Waals surface area (Å²) in [5, 5.41) is 3.50. The quantitative estimate of drug-likeness (QED) is 0.489. The van der Waals surface area contributed by atoms with Gasteiger partial charge >= 0.3 is 5.97 Å². The number of benzene rings is 2. The number of ether oxygens (including phenoxy) is 2. The number of carbonyl (C=O) groups excluding carboxylic acids is 2. The molecule has 5 nitrogen and oxygen atoms in total. The Morgan fingerprint density at radius 2 is 1.90 bits per heavy atom. The molecule has 4 rings (SSSR count). The van der Waals surface area contributed by atoms with E-state index >= 15 is 0 Å². The van der Waals surface area contributed by atoms with Gasteiger partial charge in [0.2, 0.25) is 0 Å². The standard InChI is InChI=1S/C25H25NO4S/c1-2-29-25(28)22-20-12-7-13-21(20)31-24(22)26-23(27)18-10-6-11-19(16-18)30-15-14-17-8-4-3-5-9-17/h3-6,8-11,16H,2,7,12-15H2,1H3,(H,26,27). The average Bonchev–Trinajstić information content (AvgIpc) is 3.35. The second-order valence-electron chi connectivity index (χ2n) is 7.35. The lowest BCUT2D eigenvalue weighted by molar-refractivity contribution is 0.0527. The topological polar surface area (TPSA) is 64.6 Å². The van der Waals surface area contributed by atoms with Crippen LogP contribution in [0.5, 0.6) is 5.75 Å². The molecule has 0 aliphatic heterocycles. The summed E-state index contributed by atoms with van der Waals surface area (Å²) < 4.78 is 11.1. The number of aryl methyl sites for hydroxylation is 1. The Bertz CT molecular complexity index is 1070. The first-order valence-electron chi connectivity index (χ1n) is 10.6. The SMILES string of the molecule is CCOC(=O)c1c(NC(=O)c2cccc(OCCc3ccccc3)c2)sc2c1CCC2. The molecule has 6 heteroatoms. The van der Waals surface area contributed by atoms with Crippen molar-refractivity contribution in [2.75, 3.05) is 18.5 Å². The van der Waals surface area contributed by atoms with Crippen LogP contribution in [0.1, 0.15) is 50.1 Å². The molecule has 0 spiro atoms. The van der Waals surface area contributed by atoms with Crippen LogP contribution >= 0.6 is 11.3 Å². The molecule has 0 saturated carbocycles. The zero-order valence-electron chi connectivity index (χ0n) is 17.5. The van der Waals surface area contributed by atoms with Gasteiger partial charge in [-0.25, -0.2) is 4.79 Å². The van der Waals surface area contributed by atoms with Crippen LogP contribution in [0.4, 0.5) is 5.00 Å². The van der Waals surface area contributed by atoms with Gasteiger partial charge in [0, 0.05) is 16.9 Å². The third-order valence-electron chi connectivity index (χ3n) is 5.23. The predicted molar refractivity (Wildman–Crippen MR) is 122 cm³/mol. The zero-order valence-corrected chi connectivity index (χ0v) is 18.3. The first-order chi connectivity index (χ1) is 15.2. The molecule has 1 aliphatic rings. The molecule has 160 valence electrons. The summed E-state index contributed by atoms with van der Waals surface area (Å²) in [5.74, 6) is 0.0112. The highest BCUT2D eigenvalue weighted by atomic mass is 32.1. The van der Waals surface area contributed by atoms with E-state index in [4.69, 9.17) is 9.47 Å². The lowest BCUT2D eigenvalue weighted by Crippen LogP contribution is -2.15. The fourth-order valence-electron chi connectivity index (χ4n) is 3.75. The third kappa shape index (κ3) is 4.97. The lowest BCUT2D eigenvalue weighted by Gasteiger charge is -2.10. The number of nitrogens with one attached hydrogen (secondary N) is 1. The zero-order chi connectivity index (χ0) is 21.6. The molecule has 1 N–H and O–H groups in total. The molecule has 0 fully saturated rings. The monoisotopic (exact) mass is 435 g/mol. The van der Waals surface area contributed by atoms with Crippen molar-refractivity contribution in [2.45, 2.75) is 32.6 Å². The van der Waals surface area contributed by atoms with Gasteiger partial charge in [-0.05, 0) is 55.5 Å². The van der Waals surface area contributed by atoms with E-state index in [0.717, 1.165) is 36.1 Å². The maximum Gasteiger partial charge on any atom is 0.341 e. The molecule has 0 unspecified atom stereocenters. The maximum absolute atomic E-state index is 12.9. The summed E-state index contributed by atoms with van der Waals surface area (Å²) in [6.45, 7) is 2.62. The lowest BCUT2D eigenvalue weighted by atomic mass is 10.1. The number of fused-ring (bicyclic) bond motifs is 1. The highest BCUT2D eigenvalue weighted by molar-refractivity contribution is 7.17. The first kappa shape index (κ1) is 21.1. The van der Waals surface area contributed by atoms with E-state index in [-0.39, 0.29) is 11.9 Å². The van der Waals surface area contributed by atoms with Gasteiger partial charge in [-0.1, -0.05) is 36.4 Å². The van der Waals surface area contributed by atoms with Gasteiger partial charge < -0.3 is 14.8 Å². The molecular weight excluding hydrogens is 410 g/mol. The molecular formula is C25H25NO4S. The van der Waals surface area contributed by atoms with Gasteiger partial charge in [-0.3, -0.25) is 4.79 Å². The van der Waals surface area contributed by atoms with E-state index in [2.05, 4.69) is 17.4 Å². The van der Waals surface area contributed by atoms with Crippen LogP contribution in [0.15, 0.2) is 54.6 Å². The van der Waals surface area contributed by atoms with Gasteiger partial charge in [-0.2, -0.15) is 0 Å². The average molecular weight is 436 g/mol. The molecule has 0 radical (unpaired) electrons. The predicted octanol–water partition coefficient (Wildman–Crippen LogP) is 5.29. The molecule has 0 saturated heterocycles. The fraction of sp³-hybridized carbons (Fsp3) is 0.280. The fourth-order valence-corrected chi connectivity index (χ4v) is 5.02. The highest BCUT2D eigenvalue weighted by Gasteiger charge is 2.28. The van der Waals surface area contributed by atoms with Crippen LogP contribution < -0.4 is 10.1 Å². The van der Waals surface area contributed by atoms with Gasteiger partial charge in [-0.15, -0.1) is 11.3 Å². The Morgan fingerprint density at radius 1 is 1.06 bits per heavy atom. The molecule has 2 aromatic carbocycles. The normalized spacial score (nSPS) is 12.3. The number of carbonyl (C=O) groups is 2. The van der Waals surface area contributed by atoms with Crippen molar-refractivity contribution in [3.8, 4) is 5.75 Å². The summed E-state index contributed by atoms with van der Waals surface area (Å²) in [6, 6.07) is 17.2. The Hall–Kier alpha value is -3.12. The molecule has 1 aliphatic carbocycles. The second-order valence-corrected chi connectivity index (χ2v) is 8.45. The summed E-state index contributed by atoms with van der Waals surface area (Å²) in [4.78, 5) is 26.6. The van der Waals surface area contributed by atoms with Crippen LogP contribution in [0.3, 0.4) is 0 Å². The highest BCUT2D eigenvalue weighted by Crippen LogP contribution is 2.39. The molecule has 31 heavy (non-hydrogen) atoms. The third-order valence-corrected chi connectivity index (χ3v) is 6.43. The summed E-state index contributed by atoms with van der Waals surface area (Å²) >= 11 is 1.48. The number of thiophene rings is 1. The summed E-state index contributed by atoms with van der Waals surface area (Å²) in [7, 11) is 0. The molecule has 1 heterocycles. The smallest absolute Gasteiger partial charge is 0.341 e. The van der Waals surface area contributed by atoms with Gasteiger partial charge in [0.25, 0.3) is 5.91 Å². The van der Waals surface area contributed by atoms with Crippen LogP contribution in [-0.2, 0) is 24.0 Å². The maximum atomic E-state index is 12.9. The molecule has 3 aromatic rings. The van der Waals surface area contributed by atoms with E-state index in [0.29, 0.717) is 35.1 Å². The van der Waals surface area contributed by atoms with Crippen LogP contribution in [0.2, 0.25) is 0 Å². The Balaban J connectivity index is 1.44. The van der Waals surface area contributed by atoms with E-state index < -0.39 is 0 Å². The summed E-state index contributed by atoms with van der Waals surface area (Å²) in [6.07, 6.45) is 3.61. The number of anilines is 1. The van der Waals surface area contributed by atoms with E-state index in [1.807, 2.05) is 24.3 Å². The van der Waals surface area contributed by atoms with Gasteiger partial charge in [0.1, 0.15) is 10.8 Å². The van der Waals surface area contributed by atoms with Crippen molar-refractivity contribution in [2.24, 2.45) is 0 Å². The molecule has 1 aromatic heterocycles. The minimum Gasteiger partial charge on any atom is -0.493 e. The number of esters is 1. The van der Waals surface area contributed by atoms with Crippen molar-refractivity contribution in [1.82, 2.24) is 0 Å².